The Morgan fingerprint density at radius 1 is 1.05 bits per heavy atom. The van der Waals surface area contributed by atoms with Crippen molar-refractivity contribution >= 4 is 0 Å². The molecule has 7 heteroatoms. The average molecular weight is 275 g/mol. The Morgan fingerprint density at radius 3 is 2.35 bits per heavy atom. The van der Waals surface area contributed by atoms with E-state index in [0.29, 0.717) is 24.8 Å². The monoisotopic (exact) mass is 275 g/mol. The van der Waals surface area contributed by atoms with E-state index < -0.39 is 0 Å². The molecule has 1 N–H and O–H groups in total. The number of hydrogen-bond acceptors (Lipinski definition) is 7. The van der Waals surface area contributed by atoms with Crippen LogP contribution in [0.4, 0.5) is 0 Å². The van der Waals surface area contributed by atoms with Crippen LogP contribution in [0.25, 0.3) is 0 Å². The molecule has 2 heterocycles. The smallest absolute Gasteiger partial charge is 0.224 e. The van der Waals surface area contributed by atoms with Crippen molar-refractivity contribution in [3.05, 3.63) is 35.7 Å². The lowest BCUT2D eigenvalue weighted by Gasteiger charge is -2.11. The molecule has 0 unspecified atom stereocenters. The van der Waals surface area contributed by atoms with Crippen LogP contribution in [-0.2, 0) is 13.1 Å². The molecule has 2 aromatic heterocycles. The second kappa shape index (κ2) is 6.76. The Kier molecular flexibility index (Phi) is 4.78. The SMILES string of the molecule is COc1ncnc(OC)c1CNCc1ccnc(C)n1. The predicted octanol–water partition coefficient (Wildman–Crippen LogP) is 0.882. The minimum absolute atomic E-state index is 0.503. The van der Waals surface area contributed by atoms with Crippen LogP contribution in [0.15, 0.2) is 18.6 Å². The Bertz CT molecular complexity index is 554. The van der Waals surface area contributed by atoms with E-state index in [1.165, 1.54) is 6.33 Å². The molecule has 2 rings (SSSR count). The van der Waals surface area contributed by atoms with Crippen LogP contribution >= 0.6 is 0 Å². The van der Waals surface area contributed by atoms with Gasteiger partial charge in [-0.05, 0) is 13.0 Å². The molecule has 0 aromatic carbocycles. The molecule has 0 saturated carbocycles. The van der Waals surface area contributed by atoms with Gasteiger partial charge in [0.25, 0.3) is 0 Å². The van der Waals surface area contributed by atoms with Crippen LogP contribution in [0, 0.1) is 6.92 Å². The zero-order valence-electron chi connectivity index (χ0n) is 11.8. The van der Waals surface area contributed by atoms with Crippen LogP contribution in [0.3, 0.4) is 0 Å². The second-order valence-corrected chi connectivity index (χ2v) is 4.07. The highest BCUT2D eigenvalue weighted by Gasteiger charge is 2.12. The third-order valence-corrected chi connectivity index (χ3v) is 2.69. The van der Waals surface area contributed by atoms with Gasteiger partial charge >= 0.3 is 0 Å². The lowest BCUT2D eigenvalue weighted by Crippen LogP contribution is -2.16. The summed E-state index contributed by atoms with van der Waals surface area (Å²) in [5.74, 6) is 1.76. The molecule has 0 radical (unpaired) electrons. The van der Waals surface area contributed by atoms with Crippen LogP contribution in [0.5, 0.6) is 11.8 Å². The molecule has 2 aromatic rings. The summed E-state index contributed by atoms with van der Waals surface area (Å²) < 4.78 is 10.4. The van der Waals surface area contributed by atoms with E-state index in [1.54, 1.807) is 20.4 Å². The topological polar surface area (TPSA) is 82.1 Å². The van der Waals surface area contributed by atoms with Gasteiger partial charge in [-0.1, -0.05) is 0 Å². The summed E-state index contributed by atoms with van der Waals surface area (Å²) in [5.41, 5.74) is 1.70. The minimum atomic E-state index is 0.503. The van der Waals surface area contributed by atoms with Crippen LogP contribution < -0.4 is 14.8 Å². The van der Waals surface area contributed by atoms with Crippen molar-refractivity contribution in [2.75, 3.05) is 14.2 Å². The van der Waals surface area contributed by atoms with Crippen LogP contribution in [0.1, 0.15) is 17.1 Å². The van der Waals surface area contributed by atoms with Crippen molar-refractivity contribution in [2.45, 2.75) is 20.0 Å². The number of methoxy groups -OCH3 is 2. The summed E-state index contributed by atoms with van der Waals surface area (Å²) >= 11 is 0. The van der Waals surface area contributed by atoms with Crippen molar-refractivity contribution in [1.29, 1.82) is 0 Å². The first kappa shape index (κ1) is 14.1. The minimum Gasteiger partial charge on any atom is -0.481 e. The fourth-order valence-corrected chi connectivity index (χ4v) is 1.80. The second-order valence-electron chi connectivity index (χ2n) is 4.07. The van der Waals surface area contributed by atoms with Crippen molar-refractivity contribution in [3.63, 3.8) is 0 Å². The molecular weight excluding hydrogens is 258 g/mol. The molecule has 0 bridgehead atoms. The molecule has 0 amide bonds. The Morgan fingerprint density at radius 2 is 1.75 bits per heavy atom. The van der Waals surface area contributed by atoms with Crippen LogP contribution in [0.2, 0.25) is 0 Å². The Balaban J connectivity index is 2.03. The summed E-state index contributed by atoms with van der Waals surface area (Å²) in [7, 11) is 3.14. The molecule has 0 spiro atoms. The number of ether oxygens (including phenoxy) is 2. The Hall–Kier alpha value is -2.28. The van der Waals surface area contributed by atoms with Crippen LogP contribution in [-0.4, -0.2) is 34.2 Å². The van der Waals surface area contributed by atoms with Crippen molar-refractivity contribution in [2.24, 2.45) is 0 Å². The van der Waals surface area contributed by atoms with Gasteiger partial charge in [-0.3, -0.25) is 0 Å². The van der Waals surface area contributed by atoms with Gasteiger partial charge in [0, 0.05) is 19.3 Å². The fraction of sp³-hybridized carbons (Fsp3) is 0.385. The number of rotatable bonds is 6. The number of hydrogen-bond donors (Lipinski definition) is 1. The van der Waals surface area contributed by atoms with E-state index >= 15 is 0 Å². The molecule has 0 saturated heterocycles. The summed E-state index contributed by atoms with van der Waals surface area (Å²) in [4.78, 5) is 16.5. The lowest BCUT2D eigenvalue weighted by molar-refractivity contribution is 0.359. The molecule has 20 heavy (non-hydrogen) atoms. The number of aryl methyl sites for hydroxylation is 1. The first-order valence-electron chi connectivity index (χ1n) is 6.15. The van der Waals surface area contributed by atoms with Gasteiger partial charge in [0.15, 0.2) is 0 Å². The summed E-state index contributed by atoms with van der Waals surface area (Å²) in [6.07, 6.45) is 3.15. The van der Waals surface area contributed by atoms with Crippen molar-refractivity contribution in [1.82, 2.24) is 25.3 Å². The van der Waals surface area contributed by atoms with E-state index in [1.807, 2.05) is 13.0 Å². The number of aromatic nitrogens is 4. The normalized spacial score (nSPS) is 10.3. The third-order valence-electron chi connectivity index (χ3n) is 2.69. The largest absolute Gasteiger partial charge is 0.481 e. The molecule has 7 nitrogen and oxygen atoms in total. The van der Waals surface area contributed by atoms with Gasteiger partial charge in [-0.25, -0.2) is 19.9 Å². The standard InChI is InChI=1S/C13H17N5O2/c1-9-15-5-4-10(18-9)6-14-7-11-12(19-2)16-8-17-13(11)20-3/h4-5,8,14H,6-7H2,1-3H3. The molecule has 106 valence electrons. The first-order chi connectivity index (χ1) is 9.74. The lowest BCUT2D eigenvalue weighted by atomic mass is 10.3. The van der Waals surface area contributed by atoms with E-state index in [0.717, 1.165) is 17.1 Å². The van der Waals surface area contributed by atoms with Crippen molar-refractivity contribution < 1.29 is 9.47 Å². The molecule has 0 aliphatic heterocycles. The van der Waals surface area contributed by atoms with Gasteiger partial charge < -0.3 is 14.8 Å². The van der Waals surface area contributed by atoms with Gasteiger partial charge in [0.1, 0.15) is 12.2 Å². The molecule has 0 aliphatic rings. The number of nitrogens with one attached hydrogen (secondary N) is 1. The highest BCUT2D eigenvalue weighted by molar-refractivity contribution is 5.34. The van der Waals surface area contributed by atoms with E-state index in [2.05, 4.69) is 25.3 Å². The van der Waals surface area contributed by atoms with E-state index in [-0.39, 0.29) is 0 Å². The Labute approximate surface area is 117 Å². The first-order valence-corrected chi connectivity index (χ1v) is 6.15. The maximum absolute atomic E-state index is 5.21. The van der Waals surface area contributed by atoms with Crippen molar-refractivity contribution in [3.8, 4) is 11.8 Å². The quantitative estimate of drug-likeness (QED) is 0.838. The summed E-state index contributed by atoms with van der Waals surface area (Å²) in [5, 5.41) is 3.26. The average Bonchev–Trinajstić information content (AvgIpc) is 2.47. The molecule has 0 aliphatic carbocycles. The fourth-order valence-electron chi connectivity index (χ4n) is 1.80. The molecular formula is C13H17N5O2. The summed E-state index contributed by atoms with van der Waals surface area (Å²) in [6.45, 7) is 3.00. The summed E-state index contributed by atoms with van der Waals surface area (Å²) in [6, 6.07) is 1.87. The number of nitrogens with zero attached hydrogens (tertiary/aromatic N) is 4. The maximum atomic E-state index is 5.21. The zero-order valence-corrected chi connectivity index (χ0v) is 11.8. The van der Waals surface area contributed by atoms with E-state index in [4.69, 9.17) is 9.47 Å². The molecule has 0 atom stereocenters. The highest BCUT2D eigenvalue weighted by Crippen LogP contribution is 2.22. The van der Waals surface area contributed by atoms with Gasteiger partial charge in [0.2, 0.25) is 11.8 Å². The maximum Gasteiger partial charge on any atom is 0.224 e. The third kappa shape index (κ3) is 3.39. The predicted molar refractivity (Wildman–Crippen MR) is 72.4 cm³/mol. The highest BCUT2D eigenvalue weighted by atomic mass is 16.5. The van der Waals surface area contributed by atoms with Gasteiger partial charge in [0.05, 0.1) is 25.5 Å². The van der Waals surface area contributed by atoms with Gasteiger partial charge in [-0.2, -0.15) is 0 Å². The van der Waals surface area contributed by atoms with E-state index in [9.17, 15) is 0 Å². The zero-order chi connectivity index (χ0) is 14.4. The molecule has 0 fully saturated rings. The van der Waals surface area contributed by atoms with Gasteiger partial charge in [-0.15, -0.1) is 0 Å².